The van der Waals surface area contributed by atoms with Crippen LogP contribution >= 0.6 is 0 Å². The van der Waals surface area contributed by atoms with Gasteiger partial charge in [-0.05, 0) is 12.8 Å². The van der Waals surface area contributed by atoms with E-state index in [2.05, 4.69) is 5.32 Å². The third-order valence-corrected chi connectivity index (χ3v) is 2.18. The zero-order valence-electron chi connectivity index (χ0n) is 9.58. The summed E-state index contributed by atoms with van der Waals surface area (Å²) < 4.78 is 0. The fourth-order valence-corrected chi connectivity index (χ4v) is 1.42. The lowest BCUT2D eigenvalue weighted by Gasteiger charge is -2.15. The summed E-state index contributed by atoms with van der Waals surface area (Å²) in [6.45, 7) is 4.00. The minimum absolute atomic E-state index is 0.0195. The number of carbonyl (C=O) groups excluding carboxylic acids is 1. The minimum Gasteiger partial charge on any atom is -0.481 e. The van der Waals surface area contributed by atoms with Gasteiger partial charge in [0.05, 0.1) is 6.42 Å². The Morgan fingerprint density at radius 2 is 1.93 bits per heavy atom. The monoisotopic (exact) mass is 215 g/mol. The Bertz CT molecular complexity index is 204. The fourth-order valence-electron chi connectivity index (χ4n) is 1.42. The Labute approximate surface area is 91.1 Å². The third kappa shape index (κ3) is 7.97. The Kier molecular flexibility index (Phi) is 7.68. The summed E-state index contributed by atoms with van der Waals surface area (Å²) in [6, 6.07) is -0.211. The number of unbranched alkanes of at least 4 members (excludes halogenated alkanes) is 1. The molecule has 0 saturated carbocycles. The van der Waals surface area contributed by atoms with Gasteiger partial charge < -0.3 is 10.4 Å². The summed E-state index contributed by atoms with van der Waals surface area (Å²) in [6.07, 6.45) is 3.96. The SMILES string of the molecule is CCCCC(=O)NC(CCC)CC(=O)O. The Morgan fingerprint density at radius 3 is 2.40 bits per heavy atom. The molecule has 0 saturated heterocycles. The van der Waals surface area contributed by atoms with Gasteiger partial charge in [0.1, 0.15) is 0 Å². The van der Waals surface area contributed by atoms with Crippen molar-refractivity contribution in [1.82, 2.24) is 5.32 Å². The van der Waals surface area contributed by atoms with Crippen LogP contribution in [-0.2, 0) is 9.59 Å². The second-order valence-corrected chi connectivity index (χ2v) is 3.75. The van der Waals surface area contributed by atoms with E-state index >= 15 is 0 Å². The first-order valence-corrected chi connectivity index (χ1v) is 5.61. The van der Waals surface area contributed by atoms with Crippen molar-refractivity contribution in [2.24, 2.45) is 0 Å². The van der Waals surface area contributed by atoms with Crippen molar-refractivity contribution in [2.75, 3.05) is 0 Å². The maximum Gasteiger partial charge on any atom is 0.305 e. The van der Waals surface area contributed by atoms with Crippen LogP contribution in [0.4, 0.5) is 0 Å². The third-order valence-electron chi connectivity index (χ3n) is 2.18. The van der Waals surface area contributed by atoms with Crippen LogP contribution in [-0.4, -0.2) is 23.0 Å². The van der Waals surface area contributed by atoms with E-state index in [4.69, 9.17) is 5.11 Å². The molecule has 0 radical (unpaired) electrons. The van der Waals surface area contributed by atoms with Gasteiger partial charge in [0, 0.05) is 12.5 Å². The number of carboxylic acids is 1. The number of rotatable bonds is 8. The van der Waals surface area contributed by atoms with Crippen LogP contribution in [0.3, 0.4) is 0 Å². The van der Waals surface area contributed by atoms with Crippen LogP contribution in [0.2, 0.25) is 0 Å². The van der Waals surface area contributed by atoms with Gasteiger partial charge in [-0.25, -0.2) is 0 Å². The van der Waals surface area contributed by atoms with Gasteiger partial charge in [-0.2, -0.15) is 0 Å². The van der Waals surface area contributed by atoms with E-state index in [9.17, 15) is 9.59 Å². The molecule has 1 unspecified atom stereocenters. The van der Waals surface area contributed by atoms with E-state index in [0.29, 0.717) is 6.42 Å². The standard InChI is InChI=1S/C11H21NO3/c1-3-5-7-10(13)12-9(6-4-2)8-11(14)15/h9H,3-8H2,1-2H3,(H,12,13)(H,14,15). The smallest absolute Gasteiger partial charge is 0.305 e. The van der Waals surface area contributed by atoms with Gasteiger partial charge >= 0.3 is 5.97 Å². The molecule has 0 aromatic rings. The Hall–Kier alpha value is -1.06. The molecule has 0 heterocycles. The molecule has 0 aromatic heterocycles. The quantitative estimate of drug-likeness (QED) is 0.650. The van der Waals surface area contributed by atoms with Crippen LogP contribution in [0, 0.1) is 0 Å². The van der Waals surface area contributed by atoms with Gasteiger partial charge in [0.15, 0.2) is 0 Å². The van der Waals surface area contributed by atoms with Gasteiger partial charge in [0.25, 0.3) is 0 Å². The Morgan fingerprint density at radius 1 is 1.27 bits per heavy atom. The lowest BCUT2D eigenvalue weighted by molar-refractivity contribution is -0.137. The molecule has 0 spiro atoms. The second-order valence-electron chi connectivity index (χ2n) is 3.75. The molecule has 88 valence electrons. The average molecular weight is 215 g/mol. The first-order chi connectivity index (χ1) is 7.10. The first kappa shape index (κ1) is 13.9. The van der Waals surface area contributed by atoms with E-state index in [-0.39, 0.29) is 18.4 Å². The summed E-state index contributed by atoms with van der Waals surface area (Å²) in [7, 11) is 0. The van der Waals surface area contributed by atoms with Gasteiger partial charge in [-0.15, -0.1) is 0 Å². The fraction of sp³-hybridized carbons (Fsp3) is 0.818. The number of nitrogens with one attached hydrogen (secondary N) is 1. The number of carboxylic acid groups (broad SMARTS) is 1. The number of hydrogen-bond donors (Lipinski definition) is 2. The van der Waals surface area contributed by atoms with Crippen molar-refractivity contribution in [2.45, 2.75) is 58.4 Å². The predicted octanol–water partition coefficient (Wildman–Crippen LogP) is 1.94. The zero-order valence-corrected chi connectivity index (χ0v) is 9.58. The van der Waals surface area contributed by atoms with E-state index in [1.165, 1.54) is 0 Å². The molecule has 0 aliphatic carbocycles. The highest BCUT2D eigenvalue weighted by Gasteiger charge is 2.14. The number of aliphatic carboxylic acids is 1. The van der Waals surface area contributed by atoms with E-state index < -0.39 is 5.97 Å². The largest absolute Gasteiger partial charge is 0.481 e. The normalized spacial score (nSPS) is 12.1. The van der Waals surface area contributed by atoms with Crippen LogP contribution in [0.25, 0.3) is 0 Å². The highest BCUT2D eigenvalue weighted by Crippen LogP contribution is 2.03. The molecule has 0 fully saturated rings. The number of amides is 1. The molecule has 1 atom stereocenters. The van der Waals surface area contributed by atoms with E-state index in [0.717, 1.165) is 25.7 Å². The second kappa shape index (κ2) is 8.26. The molecule has 15 heavy (non-hydrogen) atoms. The van der Waals surface area contributed by atoms with Gasteiger partial charge in [-0.3, -0.25) is 9.59 Å². The first-order valence-electron chi connectivity index (χ1n) is 5.61. The lowest BCUT2D eigenvalue weighted by atomic mass is 10.1. The Balaban J connectivity index is 3.92. The average Bonchev–Trinajstić information content (AvgIpc) is 2.14. The van der Waals surface area contributed by atoms with Gasteiger partial charge in [-0.1, -0.05) is 26.7 Å². The summed E-state index contributed by atoms with van der Waals surface area (Å²) in [5.41, 5.74) is 0. The molecule has 1 amide bonds. The molecule has 4 nitrogen and oxygen atoms in total. The molecular formula is C11H21NO3. The summed E-state index contributed by atoms with van der Waals surface area (Å²) in [5.74, 6) is -0.888. The minimum atomic E-state index is -0.857. The maximum atomic E-state index is 11.4. The van der Waals surface area contributed by atoms with Crippen molar-refractivity contribution in [1.29, 1.82) is 0 Å². The molecule has 0 aromatic carbocycles. The van der Waals surface area contributed by atoms with E-state index in [1.54, 1.807) is 0 Å². The molecular weight excluding hydrogens is 194 g/mol. The number of hydrogen-bond acceptors (Lipinski definition) is 2. The molecule has 2 N–H and O–H groups in total. The summed E-state index contributed by atoms with van der Waals surface area (Å²) in [4.78, 5) is 21.9. The van der Waals surface area contributed by atoms with Crippen LogP contribution < -0.4 is 5.32 Å². The molecule has 0 aliphatic rings. The van der Waals surface area contributed by atoms with Crippen LogP contribution in [0.15, 0.2) is 0 Å². The van der Waals surface area contributed by atoms with E-state index in [1.807, 2.05) is 13.8 Å². The van der Waals surface area contributed by atoms with Crippen molar-refractivity contribution in [3.8, 4) is 0 Å². The highest BCUT2D eigenvalue weighted by molar-refractivity contribution is 5.77. The summed E-state index contributed by atoms with van der Waals surface area (Å²) >= 11 is 0. The highest BCUT2D eigenvalue weighted by atomic mass is 16.4. The van der Waals surface area contributed by atoms with Crippen LogP contribution in [0.1, 0.15) is 52.4 Å². The zero-order chi connectivity index (χ0) is 11.7. The van der Waals surface area contributed by atoms with Gasteiger partial charge in [0.2, 0.25) is 5.91 Å². The molecule has 0 bridgehead atoms. The van der Waals surface area contributed by atoms with Crippen molar-refractivity contribution in [3.63, 3.8) is 0 Å². The molecule has 4 heteroatoms. The number of carbonyl (C=O) groups is 2. The topological polar surface area (TPSA) is 66.4 Å². The summed E-state index contributed by atoms with van der Waals surface area (Å²) in [5, 5.41) is 11.4. The molecule has 0 rings (SSSR count). The maximum absolute atomic E-state index is 11.4. The molecule has 0 aliphatic heterocycles. The van der Waals surface area contributed by atoms with Crippen molar-refractivity contribution in [3.05, 3.63) is 0 Å². The van der Waals surface area contributed by atoms with Crippen LogP contribution in [0.5, 0.6) is 0 Å². The lowest BCUT2D eigenvalue weighted by Crippen LogP contribution is -2.36. The predicted molar refractivity (Wildman–Crippen MR) is 58.6 cm³/mol. The van der Waals surface area contributed by atoms with Crippen molar-refractivity contribution < 1.29 is 14.7 Å². The van der Waals surface area contributed by atoms with Crippen molar-refractivity contribution >= 4 is 11.9 Å².